The van der Waals surface area contributed by atoms with Crippen molar-refractivity contribution in [3.05, 3.63) is 75.8 Å². The second-order valence-electron chi connectivity index (χ2n) is 7.55. The molecule has 4 atom stereocenters. The van der Waals surface area contributed by atoms with Crippen molar-refractivity contribution in [3.8, 4) is 0 Å². The Bertz CT molecular complexity index is 1020. The van der Waals surface area contributed by atoms with E-state index in [0.29, 0.717) is 0 Å². The van der Waals surface area contributed by atoms with E-state index in [4.69, 9.17) is 14.2 Å². The molecule has 0 aliphatic carbocycles. The lowest BCUT2D eigenvalue weighted by Gasteiger charge is -2.40. The molecule has 0 saturated carbocycles. The molecule has 182 valence electrons. The monoisotopic (exact) mass is 482 g/mol. The van der Waals surface area contributed by atoms with Crippen LogP contribution in [0, 0.1) is 10.1 Å². The van der Waals surface area contributed by atoms with Gasteiger partial charge >= 0.3 is 18.1 Å². The van der Waals surface area contributed by atoms with E-state index in [1.54, 1.807) is 30.3 Å². The molecular weight excluding hydrogens is 461 g/mol. The number of non-ortho nitro benzene ring substituents is 1. The van der Waals surface area contributed by atoms with Crippen LogP contribution >= 0.6 is 0 Å². The number of nitro benzene ring substituents is 1. The van der Waals surface area contributed by atoms with E-state index in [-0.39, 0.29) is 24.3 Å². The first-order chi connectivity index (χ1) is 16.0. The van der Waals surface area contributed by atoms with Gasteiger partial charge in [-0.1, -0.05) is 30.3 Å². The zero-order chi connectivity index (χ0) is 24.9. The van der Waals surface area contributed by atoms with Crippen molar-refractivity contribution >= 4 is 17.6 Å². The number of nitrogens with zero attached hydrogens (tertiary/aromatic N) is 1. The van der Waals surface area contributed by atoms with Crippen LogP contribution < -0.4 is 5.32 Å². The number of carbonyl (C=O) groups is 2. The van der Waals surface area contributed by atoms with Gasteiger partial charge in [0, 0.05) is 18.6 Å². The molecule has 0 aromatic heterocycles. The number of benzene rings is 2. The third-order valence-electron chi connectivity index (χ3n) is 5.08. The van der Waals surface area contributed by atoms with E-state index < -0.39 is 47.5 Å². The summed E-state index contributed by atoms with van der Waals surface area (Å²) in [6.45, 7) is 1.58. The maximum absolute atomic E-state index is 12.9. The highest BCUT2D eigenvalue weighted by Crippen LogP contribution is 2.27. The molecule has 1 N–H and O–H groups in total. The molecule has 1 heterocycles. The lowest BCUT2D eigenvalue weighted by molar-refractivity contribution is -0.384. The fraction of sp³-hybridized carbons (Fsp3) is 0.364. The van der Waals surface area contributed by atoms with Gasteiger partial charge in [-0.25, -0.2) is 4.79 Å². The molecule has 0 bridgehead atoms. The summed E-state index contributed by atoms with van der Waals surface area (Å²) in [5.74, 6) is -3.04. The SMILES string of the molecule is C[C@H]1O[C@H](OC(=O)c2ccc([N+](=O)[O-])cc2)C[C@H](NC(=O)C(F)(F)F)[C@H]1OCc1ccccc1. The minimum Gasteiger partial charge on any atom is -0.432 e. The number of hydrogen-bond acceptors (Lipinski definition) is 7. The van der Waals surface area contributed by atoms with Crippen LogP contribution in [-0.4, -0.2) is 47.5 Å². The van der Waals surface area contributed by atoms with Crippen molar-refractivity contribution in [1.29, 1.82) is 0 Å². The molecule has 1 amide bonds. The molecule has 1 fully saturated rings. The van der Waals surface area contributed by atoms with E-state index in [2.05, 4.69) is 0 Å². The minimum atomic E-state index is -5.11. The predicted octanol–water partition coefficient (Wildman–Crippen LogP) is 3.52. The van der Waals surface area contributed by atoms with Crippen molar-refractivity contribution in [2.45, 2.75) is 50.7 Å². The number of ether oxygens (including phenoxy) is 3. The molecule has 0 radical (unpaired) electrons. The molecule has 0 spiro atoms. The van der Waals surface area contributed by atoms with Gasteiger partial charge in [-0.05, 0) is 24.6 Å². The van der Waals surface area contributed by atoms with Crippen LogP contribution in [0.25, 0.3) is 0 Å². The van der Waals surface area contributed by atoms with Crippen LogP contribution in [0.15, 0.2) is 54.6 Å². The Morgan fingerprint density at radius 1 is 1.15 bits per heavy atom. The second-order valence-corrected chi connectivity index (χ2v) is 7.55. The lowest BCUT2D eigenvalue weighted by Crippen LogP contribution is -2.58. The van der Waals surface area contributed by atoms with Crippen molar-refractivity contribution < 1.29 is 41.9 Å². The third kappa shape index (κ3) is 6.51. The highest BCUT2D eigenvalue weighted by Gasteiger charge is 2.45. The van der Waals surface area contributed by atoms with Crippen molar-refractivity contribution in [3.63, 3.8) is 0 Å². The molecule has 1 aliphatic heterocycles. The topological polar surface area (TPSA) is 117 Å². The summed E-state index contributed by atoms with van der Waals surface area (Å²) in [6, 6.07) is 12.3. The Morgan fingerprint density at radius 3 is 2.38 bits per heavy atom. The number of halogens is 3. The Labute approximate surface area is 191 Å². The summed E-state index contributed by atoms with van der Waals surface area (Å²) in [5, 5.41) is 12.7. The molecule has 0 unspecified atom stereocenters. The average Bonchev–Trinajstić information content (AvgIpc) is 2.78. The predicted molar refractivity (Wildman–Crippen MR) is 110 cm³/mol. The second kappa shape index (κ2) is 10.6. The number of hydrogen-bond donors (Lipinski definition) is 1. The Balaban J connectivity index is 1.71. The molecule has 1 saturated heterocycles. The zero-order valence-corrected chi connectivity index (χ0v) is 17.9. The Kier molecular flexibility index (Phi) is 7.84. The van der Waals surface area contributed by atoms with Crippen LogP contribution in [0.5, 0.6) is 0 Å². The fourth-order valence-electron chi connectivity index (χ4n) is 3.43. The Hall–Kier alpha value is -3.51. The summed E-state index contributed by atoms with van der Waals surface area (Å²) >= 11 is 0. The molecule has 1 aliphatic rings. The number of carbonyl (C=O) groups excluding carboxylic acids is 2. The van der Waals surface area contributed by atoms with Gasteiger partial charge in [0.2, 0.25) is 6.29 Å². The van der Waals surface area contributed by atoms with Gasteiger partial charge in [0.25, 0.3) is 5.69 Å². The zero-order valence-electron chi connectivity index (χ0n) is 17.9. The van der Waals surface area contributed by atoms with E-state index >= 15 is 0 Å². The van der Waals surface area contributed by atoms with Crippen LogP contribution in [-0.2, 0) is 25.6 Å². The summed E-state index contributed by atoms with van der Waals surface area (Å²) in [4.78, 5) is 34.1. The summed E-state index contributed by atoms with van der Waals surface area (Å²) in [5.41, 5.74) is 0.523. The van der Waals surface area contributed by atoms with Crippen LogP contribution in [0.2, 0.25) is 0 Å². The number of rotatable bonds is 7. The number of amides is 1. The first-order valence-corrected chi connectivity index (χ1v) is 10.2. The van der Waals surface area contributed by atoms with Crippen molar-refractivity contribution in [1.82, 2.24) is 5.32 Å². The van der Waals surface area contributed by atoms with E-state index in [9.17, 15) is 32.9 Å². The summed E-state index contributed by atoms with van der Waals surface area (Å²) in [6.07, 6.45) is -8.50. The molecular formula is C22H21F3N2O7. The van der Waals surface area contributed by atoms with Gasteiger partial charge in [-0.2, -0.15) is 13.2 Å². The van der Waals surface area contributed by atoms with Gasteiger partial charge in [-0.3, -0.25) is 14.9 Å². The van der Waals surface area contributed by atoms with E-state index in [1.807, 2.05) is 5.32 Å². The number of alkyl halides is 3. The van der Waals surface area contributed by atoms with Crippen molar-refractivity contribution in [2.75, 3.05) is 0 Å². The highest BCUT2D eigenvalue weighted by molar-refractivity contribution is 5.89. The minimum absolute atomic E-state index is 0.0137. The van der Waals surface area contributed by atoms with Gasteiger partial charge in [0.1, 0.15) is 6.10 Å². The fourth-order valence-corrected chi connectivity index (χ4v) is 3.43. The maximum Gasteiger partial charge on any atom is 0.471 e. The molecule has 2 aromatic carbocycles. The van der Waals surface area contributed by atoms with Gasteiger partial charge in [0.15, 0.2) is 0 Å². The lowest BCUT2D eigenvalue weighted by atomic mass is 9.99. The standard InChI is InChI=1S/C22H21F3N2O7/c1-13-19(32-12-14-5-3-2-4-6-14)17(26-21(29)22(23,24)25)11-18(33-13)34-20(28)15-7-9-16(10-8-15)27(30)31/h2-10,13,17-19H,11-12H2,1H3,(H,26,29)/t13-,17+,18-,19+/m1/s1. The van der Waals surface area contributed by atoms with Gasteiger partial charge < -0.3 is 19.5 Å². The molecule has 2 aromatic rings. The van der Waals surface area contributed by atoms with Crippen LogP contribution in [0.3, 0.4) is 0 Å². The number of esters is 1. The quantitative estimate of drug-likeness (QED) is 0.365. The smallest absolute Gasteiger partial charge is 0.432 e. The van der Waals surface area contributed by atoms with Crippen molar-refractivity contribution in [2.24, 2.45) is 0 Å². The summed E-state index contributed by atoms with van der Waals surface area (Å²) in [7, 11) is 0. The van der Waals surface area contributed by atoms with Gasteiger partial charge in [-0.15, -0.1) is 0 Å². The molecule has 9 nitrogen and oxygen atoms in total. The Morgan fingerprint density at radius 2 is 1.79 bits per heavy atom. The molecule has 12 heteroatoms. The first kappa shape index (κ1) is 25.1. The third-order valence-corrected chi connectivity index (χ3v) is 5.08. The van der Waals surface area contributed by atoms with Gasteiger partial charge in [0.05, 0.1) is 29.2 Å². The van der Waals surface area contributed by atoms with Crippen LogP contribution in [0.4, 0.5) is 18.9 Å². The highest BCUT2D eigenvalue weighted by atomic mass is 19.4. The summed E-state index contributed by atoms with van der Waals surface area (Å²) < 4.78 is 55.3. The largest absolute Gasteiger partial charge is 0.471 e. The first-order valence-electron chi connectivity index (χ1n) is 10.2. The van der Waals surface area contributed by atoms with Crippen LogP contribution in [0.1, 0.15) is 29.3 Å². The maximum atomic E-state index is 12.9. The average molecular weight is 482 g/mol. The normalized spacial score (nSPS) is 22.6. The van der Waals surface area contributed by atoms with E-state index in [0.717, 1.165) is 17.7 Å². The molecule has 3 rings (SSSR count). The molecule has 34 heavy (non-hydrogen) atoms. The van der Waals surface area contributed by atoms with E-state index in [1.165, 1.54) is 19.1 Å². The number of nitrogens with one attached hydrogen (secondary N) is 1. The number of nitro groups is 1.